The third kappa shape index (κ3) is 7.79. The van der Waals surface area contributed by atoms with Crippen molar-refractivity contribution in [3.05, 3.63) is 59.1 Å². The minimum atomic E-state index is -0.584. The van der Waals surface area contributed by atoms with E-state index in [1.165, 1.54) is 0 Å². The molecule has 2 aromatic rings. The maximum absolute atomic E-state index is 13.1. The number of carbonyl (C=O) groups is 2. The predicted molar refractivity (Wildman–Crippen MR) is 122 cm³/mol. The van der Waals surface area contributed by atoms with Crippen molar-refractivity contribution >= 4 is 23.4 Å². The minimum Gasteiger partial charge on any atom is -0.497 e. The summed E-state index contributed by atoms with van der Waals surface area (Å²) >= 11 is 5.99. The van der Waals surface area contributed by atoms with E-state index in [4.69, 9.17) is 21.1 Å². The fourth-order valence-electron chi connectivity index (χ4n) is 3.11. The monoisotopic (exact) mass is 446 g/mol. The first kappa shape index (κ1) is 24.5. The summed E-state index contributed by atoms with van der Waals surface area (Å²) in [5.41, 5.74) is 0.891. The third-order valence-corrected chi connectivity index (χ3v) is 5.16. The molecule has 168 valence electrons. The molecule has 0 aliphatic heterocycles. The van der Waals surface area contributed by atoms with Crippen LogP contribution < -0.4 is 14.8 Å². The van der Waals surface area contributed by atoms with E-state index < -0.39 is 6.04 Å². The fourth-order valence-corrected chi connectivity index (χ4v) is 3.24. The molecule has 1 N–H and O–H groups in total. The summed E-state index contributed by atoms with van der Waals surface area (Å²) in [6.45, 7) is 4.68. The van der Waals surface area contributed by atoms with Crippen molar-refractivity contribution < 1.29 is 19.1 Å². The molecule has 2 rings (SSSR count). The highest BCUT2D eigenvalue weighted by Gasteiger charge is 2.28. The number of carbonyl (C=O) groups excluding carboxylic acids is 2. The number of nitrogens with zero attached hydrogens (tertiary/aromatic N) is 1. The number of benzene rings is 2. The van der Waals surface area contributed by atoms with Gasteiger partial charge in [-0.05, 0) is 54.8 Å². The lowest BCUT2D eigenvalue weighted by Gasteiger charge is -2.30. The van der Waals surface area contributed by atoms with E-state index in [0.717, 1.165) is 18.4 Å². The average molecular weight is 447 g/mol. The normalized spacial score (nSPS) is 11.5. The van der Waals surface area contributed by atoms with Crippen LogP contribution >= 0.6 is 11.6 Å². The summed E-state index contributed by atoms with van der Waals surface area (Å²) in [5, 5.41) is 3.56. The summed E-state index contributed by atoms with van der Waals surface area (Å²) in [4.78, 5) is 27.5. The molecule has 0 aliphatic carbocycles. The smallest absolute Gasteiger partial charge is 0.261 e. The predicted octanol–water partition coefficient (Wildman–Crippen LogP) is 4.45. The summed E-state index contributed by atoms with van der Waals surface area (Å²) in [5.74, 6) is 0.852. The van der Waals surface area contributed by atoms with Crippen molar-refractivity contribution in [2.24, 2.45) is 0 Å². The molecule has 2 aromatic carbocycles. The van der Waals surface area contributed by atoms with Gasteiger partial charge < -0.3 is 19.7 Å². The van der Waals surface area contributed by atoms with Crippen LogP contribution in [0, 0.1) is 0 Å². The Morgan fingerprint density at radius 1 is 1.03 bits per heavy atom. The second-order valence-corrected chi connectivity index (χ2v) is 7.62. The van der Waals surface area contributed by atoms with Crippen LogP contribution in [-0.4, -0.2) is 43.0 Å². The van der Waals surface area contributed by atoms with Crippen LogP contribution in [0.3, 0.4) is 0 Å². The molecule has 1 atom stereocenters. The van der Waals surface area contributed by atoms with E-state index in [-0.39, 0.29) is 18.4 Å². The van der Waals surface area contributed by atoms with Gasteiger partial charge in [0.25, 0.3) is 5.91 Å². The first-order valence-corrected chi connectivity index (χ1v) is 10.9. The Morgan fingerprint density at radius 2 is 1.68 bits per heavy atom. The summed E-state index contributed by atoms with van der Waals surface area (Å²) in [6.07, 6.45) is 2.38. The highest BCUT2D eigenvalue weighted by molar-refractivity contribution is 6.30. The molecule has 0 heterocycles. The van der Waals surface area contributed by atoms with Crippen molar-refractivity contribution in [1.82, 2.24) is 10.2 Å². The zero-order valence-corrected chi connectivity index (χ0v) is 19.2. The van der Waals surface area contributed by atoms with E-state index in [0.29, 0.717) is 36.0 Å². The van der Waals surface area contributed by atoms with E-state index >= 15 is 0 Å². The van der Waals surface area contributed by atoms with Crippen LogP contribution in [0.4, 0.5) is 0 Å². The second kappa shape index (κ2) is 12.8. The lowest BCUT2D eigenvalue weighted by molar-refractivity contribution is -0.143. The van der Waals surface area contributed by atoms with E-state index in [9.17, 15) is 9.59 Å². The molecule has 0 spiro atoms. The molecule has 6 nitrogen and oxygen atoms in total. The Labute approximate surface area is 189 Å². The third-order valence-electron chi connectivity index (χ3n) is 4.90. The van der Waals surface area contributed by atoms with Gasteiger partial charge in [-0.2, -0.15) is 0 Å². The van der Waals surface area contributed by atoms with E-state index in [2.05, 4.69) is 12.2 Å². The van der Waals surface area contributed by atoms with Crippen molar-refractivity contribution in [2.75, 3.05) is 20.3 Å². The Morgan fingerprint density at radius 3 is 2.26 bits per heavy atom. The Hall–Kier alpha value is -2.73. The van der Waals surface area contributed by atoms with Crippen LogP contribution in [0.1, 0.15) is 38.7 Å². The Balaban J connectivity index is 2.14. The molecule has 0 aromatic heterocycles. The van der Waals surface area contributed by atoms with Gasteiger partial charge in [0, 0.05) is 18.1 Å². The second-order valence-electron chi connectivity index (χ2n) is 7.18. The van der Waals surface area contributed by atoms with Gasteiger partial charge in [-0.15, -0.1) is 0 Å². The largest absolute Gasteiger partial charge is 0.497 e. The molecule has 0 saturated carbocycles. The number of rotatable bonds is 12. The van der Waals surface area contributed by atoms with Gasteiger partial charge in [0.05, 0.1) is 7.11 Å². The molecule has 0 radical (unpaired) electrons. The first-order valence-electron chi connectivity index (χ1n) is 10.6. The SMILES string of the molecule is CCCCNC(=O)[C@@H](CC)N(Cc1ccc(Cl)cc1)C(=O)COc1ccc(OC)cc1. The topological polar surface area (TPSA) is 67.9 Å². The quantitative estimate of drug-likeness (QED) is 0.489. The van der Waals surface area contributed by atoms with E-state index in [1.54, 1.807) is 48.4 Å². The average Bonchev–Trinajstić information content (AvgIpc) is 2.79. The molecule has 0 bridgehead atoms. The number of hydrogen-bond donors (Lipinski definition) is 1. The van der Waals surface area contributed by atoms with Gasteiger partial charge in [0.1, 0.15) is 17.5 Å². The van der Waals surface area contributed by atoms with E-state index in [1.807, 2.05) is 19.1 Å². The van der Waals surface area contributed by atoms with Crippen LogP contribution in [0.2, 0.25) is 5.02 Å². The molecule has 0 unspecified atom stereocenters. The molecule has 7 heteroatoms. The van der Waals surface area contributed by atoms with Crippen molar-refractivity contribution in [1.29, 1.82) is 0 Å². The van der Waals surface area contributed by atoms with Crippen molar-refractivity contribution in [3.8, 4) is 11.5 Å². The summed E-state index contributed by atoms with van der Waals surface area (Å²) < 4.78 is 10.8. The van der Waals surface area contributed by atoms with Crippen LogP contribution in [0.25, 0.3) is 0 Å². The number of unbranched alkanes of at least 4 members (excludes halogenated alkanes) is 1. The van der Waals surface area contributed by atoms with Gasteiger partial charge in [-0.25, -0.2) is 0 Å². The number of hydrogen-bond acceptors (Lipinski definition) is 4. The Kier molecular flexibility index (Phi) is 10.2. The maximum atomic E-state index is 13.1. The van der Waals surface area contributed by atoms with Crippen molar-refractivity contribution in [2.45, 2.75) is 45.7 Å². The van der Waals surface area contributed by atoms with Gasteiger partial charge in [0.2, 0.25) is 5.91 Å². The number of ether oxygens (including phenoxy) is 2. The molecule has 0 saturated heterocycles. The summed E-state index contributed by atoms with van der Waals surface area (Å²) in [7, 11) is 1.59. The van der Waals surface area contributed by atoms with Gasteiger partial charge >= 0.3 is 0 Å². The number of amides is 2. The molecule has 0 aliphatic rings. The first-order chi connectivity index (χ1) is 15.0. The van der Waals surface area contributed by atoms with Gasteiger partial charge in [-0.3, -0.25) is 9.59 Å². The number of halogens is 1. The van der Waals surface area contributed by atoms with Crippen LogP contribution in [-0.2, 0) is 16.1 Å². The summed E-state index contributed by atoms with van der Waals surface area (Å²) in [6, 6.07) is 13.7. The standard InChI is InChI=1S/C24H31ClN2O4/c1-4-6-15-26-24(29)22(5-2)27(16-18-7-9-19(25)10-8-18)23(28)17-31-21-13-11-20(30-3)12-14-21/h7-14,22H,4-6,15-17H2,1-3H3,(H,26,29)/t22-/m1/s1. The highest BCUT2D eigenvalue weighted by atomic mass is 35.5. The number of methoxy groups -OCH3 is 1. The molecule has 31 heavy (non-hydrogen) atoms. The molecular weight excluding hydrogens is 416 g/mol. The van der Waals surface area contributed by atoms with Crippen LogP contribution in [0.5, 0.6) is 11.5 Å². The lowest BCUT2D eigenvalue weighted by Crippen LogP contribution is -2.50. The van der Waals surface area contributed by atoms with Crippen molar-refractivity contribution in [3.63, 3.8) is 0 Å². The zero-order chi connectivity index (χ0) is 22.6. The Bertz CT molecular complexity index is 824. The molecule has 0 fully saturated rings. The highest BCUT2D eigenvalue weighted by Crippen LogP contribution is 2.19. The van der Waals surface area contributed by atoms with Gasteiger partial charge in [0.15, 0.2) is 6.61 Å². The molecule has 2 amide bonds. The lowest BCUT2D eigenvalue weighted by atomic mass is 10.1. The van der Waals surface area contributed by atoms with Crippen LogP contribution in [0.15, 0.2) is 48.5 Å². The van der Waals surface area contributed by atoms with Gasteiger partial charge in [-0.1, -0.05) is 44.0 Å². The molecular formula is C24H31ClN2O4. The maximum Gasteiger partial charge on any atom is 0.261 e. The fraction of sp³-hybridized carbons (Fsp3) is 0.417. The minimum absolute atomic E-state index is 0.150. The zero-order valence-electron chi connectivity index (χ0n) is 18.4. The number of nitrogens with one attached hydrogen (secondary N) is 1.